The highest BCUT2D eigenvalue weighted by molar-refractivity contribution is 5.76. The van der Waals surface area contributed by atoms with Crippen LogP contribution in [0.15, 0.2) is 24.3 Å². The topological polar surface area (TPSA) is 69.6 Å². The van der Waals surface area contributed by atoms with E-state index in [4.69, 9.17) is 0 Å². The number of aliphatic hydroxyl groups is 2. The number of carbonyl (C=O) groups excluding carboxylic acids is 1. The lowest BCUT2D eigenvalue weighted by Crippen LogP contribution is -2.45. The second-order valence-electron chi connectivity index (χ2n) is 21.1. The average molecular weight is 929 g/mol. The molecule has 0 aromatic carbocycles. The highest BCUT2D eigenvalue weighted by Gasteiger charge is 2.18. The molecule has 4 heteroatoms. The Labute approximate surface area is 415 Å². The summed E-state index contributed by atoms with van der Waals surface area (Å²) in [5, 5.41) is 23.2. The van der Waals surface area contributed by atoms with E-state index in [9.17, 15) is 15.0 Å². The van der Waals surface area contributed by atoms with Gasteiger partial charge in [-0.3, -0.25) is 4.79 Å². The predicted octanol–water partition coefficient (Wildman–Crippen LogP) is 20.3. The van der Waals surface area contributed by atoms with Gasteiger partial charge in [-0.2, -0.15) is 0 Å². The smallest absolute Gasteiger partial charge is 0.220 e. The van der Waals surface area contributed by atoms with Crippen LogP contribution in [-0.2, 0) is 4.79 Å². The summed E-state index contributed by atoms with van der Waals surface area (Å²) in [7, 11) is 0. The Balaban J connectivity index is 3.40. The largest absolute Gasteiger partial charge is 0.394 e. The fourth-order valence-corrected chi connectivity index (χ4v) is 9.77. The van der Waals surface area contributed by atoms with Gasteiger partial charge in [0, 0.05) is 6.42 Å². The first-order valence-electron chi connectivity index (χ1n) is 30.6. The number of allylic oxidation sites excluding steroid dienone is 3. The molecule has 0 bridgehead atoms. The van der Waals surface area contributed by atoms with Gasteiger partial charge in [0.25, 0.3) is 0 Å². The third-order valence-electron chi connectivity index (χ3n) is 14.4. The zero-order valence-corrected chi connectivity index (χ0v) is 45.2. The molecule has 4 nitrogen and oxygen atoms in total. The normalized spacial score (nSPS) is 12.8. The molecule has 1 amide bonds. The Hall–Kier alpha value is -1.13. The lowest BCUT2D eigenvalue weighted by molar-refractivity contribution is -0.123. The van der Waals surface area contributed by atoms with Crippen LogP contribution in [0.1, 0.15) is 348 Å². The van der Waals surface area contributed by atoms with Gasteiger partial charge >= 0.3 is 0 Å². The van der Waals surface area contributed by atoms with E-state index in [2.05, 4.69) is 31.3 Å². The summed E-state index contributed by atoms with van der Waals surface area (Å²) in [6, 6.07) is -0.620. The molecule has 0 heterocycles. The molecule has 0 radical (unpaired) electrons. The van der Waals surface area contributed by atoms with Crippen molar-refractivity contribution in [2.24, 2.45) is 0 Å². The van der Waals surface area contributed by atoms with E-state index in [1.165, 1.54) is 302 Å². The van der Waals surface area contributed by atoms with Crippen molar-refractivity contribution in [2.75, 3.05) is 6.61 Å². The standard InChI is InChI=1S/C62H121NO3/c1-3-5-7-9-11-13-15-17-19-21-22-23-24-25-26-27-28-29-30-31-32-33-34-35-36-37-38-39-40-42-44-46-48-50-52-54-56-58-62(66)63-60(59-64)61(65)57-55-53-51-49-47-45-43-41-20-18-16-14-12-10-8-6-4-2/h29-30,55,57,60-61,64-65H,3-28,31-54,56,58-59H2,1-2H3,(H,63,66)/b30-29-,57-55+. The molecular weight excluding hydrogens is 807 g/mol. The van der Waals surface area contributed by atoms with Gasteiger partial charge < -0.3 is 15.5 Å². The number of amides is 1. The van der Waals surface area contributed by atoms with Crippen LogP contribution in [0.25, 0.3) is 0 Å². The van der Waals surface area contributed by atoms with Gasteiger partial charge in [-0.25, -0.2) is 0 Å². The van der Waals surface area contributed by atoms with Crippen molar-refractivity contribution in [2.45, 2.75) is 360 Å². The first-order valence-corrected chi connectivity index (χ1v) is 30.6. The molecule has 0 aliphatic carbocycles. The monoisotopic (exact) mass is 928 g/mol. The molecule has 0 fully saturated rings. The average Bonchev–Trinajstić information content (AvgIpc) is 3.32. The molecule has 0 aliphatic rings. The molecule has 0 spiro atoms. The van der Waals surface area contributed by atoms with Crippen LogP contribution < -0.4 is 5.32 Å². The second kappa shape index (κ2) is 58.2. The molecule has 0 aromatic rings. The Bertz CT molecular complexity index is 963. The Morgan fingerprint density at radius 1 is 0.348 bits per heavy atom. The molecular formula is C62H121NO3. The first-order chi connectivity index (χ1) is 32.7. The fraction of sp³-hybridized carbons (Fsp3) is 0.919. The molecule has 2 atom stereocenters. The Morgan fingerprint density at radius 2 is 0.576 bits per heavy atom. The highest BCUT2D eigenvalue weighted by Crippen LogP contribution is 2.18. The molecule has 0 aliphatic heterocycles. The van der Waals surface area contributed by atoms with Crippen LogP contribution in [-0.4, -0.2) is 34.9 Å². The summed E-state index contributed by atoms with van der Waals surface area (Å²) in [6.07, 6.45) is 78.0. The van der Waals surface area contributed by atoms with E-state index in [1.54, 1.807) is 6.08 Å². The summed E-state index contributed by atoms with van der Waals surface area (Å²) in [4.78, 5) is 12.5. The van der Waals surface area contributed by atoms with Gasteiger partial charge in [-0.1, -0.05) is 321 Å². The van der Waals surface area contributed by atoms with Crippen LogP contribution in [0.2, 0.25) is 0 Å². The Kier molecular flexibility index (Phi) is 57.2. The SMILES string of the molecule is CCCCCCCCCCCCCCCCC/C=C/C(O)C(CO)NC(=O)CCCCCCCCCCCCCCCCCCC/C=C\CCCCCCCCCCCCCCCCCC. The van der Waals surface area contributed by atoms with Gasteiger partial charge in [-0.15, -0.1) is 0 Å². The number of carbonyl (C=O) groups is 1. The first kappa shape index (κ1) is 64.9. The summed E-state index contributed by atoms with van der Waals surface area (Å²) in [5.74, 6) is -0.0575. The van der Waals surface area contributed by atoms with Gasteiger partial charge in [0.15, 0.2) is 0 Å². The summed E-state index contributed by atoms with van der Waals surface area (Å²) in [6.45, 7) is 4.35. The lowest BCUT2D eigenvalue weighted by Gasteiger charge is -2.20. The third kappa shape index (κ3) is 53.8. The van der Waals surface area contributed by atoms with Crippen molar-refractivity contribution in [3.63, 3.8) is 0 Å². The van der Waals surface area contributed by atoms with Crippen molar-refractivity contribution in [1.29, 1.82) is 0 Å². The maximum Gasteiger partial charge on any atom is 0.220 e. The van der Waals surface area contributed by atoms with E-state index in [0.717, 1.165) is 25.7 Å². The van der Waals surface area contributed by atoms with Crippen molar-refractivity contribution < 1.29 is 15.0 Å². The molecule has 2 unspecified atom stereocenters. The van der Waals surface area contributed by atoms with Crippen molar-refractivity contribution in [1.82, 2.24) is 5.32 Å². The molecule has 0 saturated carbocycles. The minimum Gasteiger partial charge on any atom is -0.394 e. The number of unbranched alkanes of at least 4 members (excludes halogenated alkanes) is 48. The van der Waals surface area contributed by atoms with E-state index >= 15 is 0 Å². The van der Waals surface area contributed by atoms with E-state index in [1.807, 2.05) is 6.08 Å². The molecule has 66 heavy (non-hydrogen) atoms. The van der Waals surface area contributed by atoms with E-state index in [-0.39, 0.29) is 12.5 Å². The van der Waals surface area contributed by atoms with Crippen LogP contribution >= 0.6 is 0 Å². The number of aliphatic hydroxyl groups excluding tert-OH is 2. The number of rotatable bonds is 57. The lowest BCUT2D eigenvalue weighted by atomic mass is 10.0. The highest BCUT2D eigenvalue weighted by atomic mass is 16.3. The molecule has 0 rings (SSSR count). The maximum atomic E-state index is 12.5. The summed E-state index contributed by atoms with van der Waals surface area (Å²) < 4.78 is 0. The fourth-order valence-electron chi connectivity index (χ4n) is 9.77. The third-order valence-corrected chi connectivity index (χ3v) is 14.4. The minimum atomic E-state index is -0.837. The molecule has 392 valence electrons. The van der Waals surface area contributed by atoms with E-state index in [0.29, 0.717) is 6.42 Å². The van der Waals surface area contributed by atoms with Crippen molar-refractivity contribution in [3.8, 4) is 0 Å². The minimum absolute atomic E-state index is 0.0575. The van der Waals surface area contributed by atoms with Crippen molar-refractivity contribution >= 4 is 5.91 Å². The molecule has 0 saturated heterocycles. The van der Waals surface area contributed by atoms with Crippen LogP contribution in [0.5, 0.6) is 0 Å². The van der Waals surface area contributed by atoms with Gasteiger partial charge in [0.2, 0.25) is 5.91 Å². The van der Waals surface area contributed by atoms with Crippen LogP contribution in [0.3, 0.4) is 0 Å². The molecule has 3 N–H and O–H groups in total. The molecule has 0 aromatic heterocycles. The quantitative estimate of drug-likeness (QED) is 0.0420. The zero-order valence-electron chi connectivity index (χ0n) is 45.2. The second-order valence-corrected chi connectivity index (χ2v) is 21.1. The maximum absolute atomic E-state index is 12.5. The van der Waals surface area contributed by atoms with Gasteiger partial charge in [0.05, 0.1) is 18.8 Å². The number of hydrogen-bond donors (Lipinski definition) is 3. The Morgan fingerprint density at radius 3 is 0.833 bits per heavy atom. The van der Waals surface area contributed by atoms with Gasteiger partial charge in [0.1, 0.15) is 0 Å². The number of hydrogen-bond acceptors (Lipinski definition) is 3. The van der Waals surface area contributed by atoms with E-state index < -0.39 is 12.1 Å². The summed E-state index contributed by atoms with van der Waals surface area (Å²) >= 11 is 0. The van der Waals surface area contributed by atoms with Crippen LogP contribution in [0, 0.1) is 0 Å². The van der Waals surface area contributed by atoms with Crippen molar-refractivity contribution in [3.05, 3.63) is 24.3 Å². The van der Waals surface area contributed by atoms with Gasteiger partial charge in [-0.05, 0) is 44.9 Å². The summed E-state index contributed by atoms with van der Waals surface area (Å²) in [5.41, 5.74) is 0. The van der Waals surface area contributed by atoms with Crippen LogP contribution in [0.4, 0.5) is 0 Å². The number of nitrogens with one attached hydrogen (secondary N) is 1. The predicted molar refractivity (Wildman–Crippen MR) is 295 cm³/mol. The zero-order chi connectivity index (χ0) is 47.7.